The first-order chi connectivity index (χ1) is 6.54. The molecule has 0 bridgehead atoms. The lowest BCUT2D eigenvalue weighted by Crippen LogP contribution is -2.02. The van der Waals surface area contributed by atoms with Crippen LogP contribution in [0.3, 0.4) is 0 Å². The van der Waals surface area contributed by atoms with E-state index in [9.17, 15) is 8.78 Å². The van der Waals surface area contributed by atoms with Crippen molar-refractivity contribution in [2.75, 3.05) is 5.73 Å². The first kappa shape index (κ1) is 10.2. The van der Waals surface area contributed by atoms with Gasteiger partial charge in [0, 0.05) is 0 Å². The van der Waals surface area contributed by atoms with E-state index in [1.165, 1.54) is 12.1 Å². The molecule has 2 N–H and O–H groups in total. The number of nitrogen functional groups attached to an aromatic ring is 1. The van der Waals surface area contributed by atoms with Crippen LogP contribution in [-0.2, 0) is 0 Å². The molecule has 1 aromatic carbocycles. The molecule has 14 heavy (non-hydrogen) atoms. The van der Waals surface area contributed by atoms with Crippen molar-refractivity contribution in [2.45, 2.75) is 0 Å². The first-order valence-electron chi connectivity index (χ1n) is 3.30. The Kier molecular flexibility index (Phi) is 2.55. The van der Waals surface area contributed by atoms with Gasteiger partial charge in [-0.15, -0.1) is 0 Å². The molecule has 0 unspecified atom stereocenters. The highest BCUT2D eigenvalue weighted by molar-refractivity contribution is 6.33. The van der Waals surface area contributed by atoms with Gasteiger partial charge in [0.2, 0.25) is 0 Å². The van der Waals surface area contributed by atoms with Gasteiger partial charge in [-0.1, -0.05) is 11.6 Å². The van der Waals surface area contributed by atoms with Crippen molar-refractivity contribution in [1.82, 2.24) is 0 Å². The van der Waals surface area contributed by atoms with Gasteiger partial charge in [-0.2, -0.15) is 10.5 Å². The van der Waals surface area contributed by atoms with Gasteiger partial charge in [0.05, 0.1) is 5.69 Å². The summed E-state index contributed by atoms with van der Waals surface area (Å²) >= 11 is 5.35. The van der Waals surface area contributed by atoms with Crippen LogP contribution in [0.15, 0.2) is 0 Å². The third-order valence-corrected chi connectivity index (χ3v) is 1.95. The number of benzene rings is 1. The molecule has 0 aliphatic carbocycles. The molecule has 3 nitrogen and oxygen atoms in total. The molecule has 1 rings (SSSR count). The molecule has 0 saturated carbocycles. The fraction of sp³-hybridized carbons (Fsp3) is 0. The van der Waals surface area contributed by atoms with E-state index in [4.69, 9.17) is 27.9 Å². The number of nitrogens with zero attached hydrogens (tertiary/aromatic N) is 2. The van der Waals surface area contributed by atoms with E-state index in [0.717, 1.165) is 0 Å². The van der Waals surface area contributed by atoms with Gasteiger partial charge in [0.15, 0.2) is 11.6 Å². The number of nitrogens with two attached hydrogens (primary N) is 1. The topological polar surface area (TPSA) is 73.6 Å². The number of rotatable bonds is 0. The summed E-state index contributed by atoms with van der Waals surface area (Å²) < 4.78 is 26.2. The van der Waals surface area contributed by atoms with Crippen molar-refractivity contribution in [2.24, 2.45) is 0 Å². The third-order valence-electron chi connectivity index (χ3n) is 1.58. The van der Waals surface area contributed by atoms with E-state index >= 15 is 0 Å². The maximum absolute atomic E-state index is 13.2. The molecule has 1 aromatic rings. The highest BCUT2D eigenvalue weighted by atomic mass is 35.5. The fourth-order valence-corrected chi connectivity index (χ4v) is 1.07. The van der Waals surface area contributed by atoms with Crippen LogP contribution in [0.1, 0.15) is 11.1 Å². The van der Waals surface area contributed by atoms with Gasteiger partial charge in [0.1, 0.15) is 28.3 Å². The Labute approximate surface area is 82.9 Å². The van der Waals surface area contributed by atoms with Crippen molar-refractivity contribution in [1.29, 1.82) is 10.5 Å². The zero-order valence-corrected chi connectivity index (χ0v) is 7.36. The predicted molar refractivity (Wildman–Crippen MR) is 45.2 cm³/mol. The van der Waals surface area contributed by atoms with Crippen LogP contribution in [0.5, 0.6) is 0 Å². The lowest BCUT2D eigenvalue weighted by atomic mass is 10.1. The van der Waals surface area contributed by atoms with Crippen LogP contribution in [0.4, 0.5) is 14.5 Å². The first-order valence-corrected chi connectivity index (χ1v) is 3.68. The zero-order valence-electron chi connectivity index (χ0n) is 6.61. The Morgan fingerprint density at radius 1 is 1.07 bits per heavy atom. The number of nitriles is 2. The number of hydrogen-bond acceptors (Lipinski definition) is 3. The van der Waals surface area contributed by atoms with Crippen molar-refractivity contribution in [3.8, 4) is 12.1 Å². The number of anilines is 1. The van der Waals surface area contributed by atoms with Gasteiger partial charge in [-0.05, 0) is 0 Å². The van der Waals surface area contributed by atoms with Gasteiger partial charge < -0.3 is 5.73 Å². The predicted octanol–water partition coefficient (Wildman–Crippen LogP) is 1.94. The maximum atomic E-state index is 13.2. The average molecular weight is 214 g/mol. The van der Waals surface area contributed by atoms with Crippen LogP contribution in [0.25, 0.3) is 0 Å². The molecule has 0 amide bonds. The summed E-state index contributed by atoms with van der Waals surface area (Å²) in [7, 11) is 0. The third kappa shape index (κ3) is 1.24. The summed E-state index contributed by atoms with van der Waals surface area (Å²) in [5.74, 6) is -2.53. The van der Waals surface area contributed by atoms with E-state index in [2.05, 4.69) is 0 Å². The Hall–Kier alpha value is -1.85. The molecule has 0 aliphatic rings. The van der Waals surface area contributed by atoms with Crippen LogP contribution in [-0.4, -0.2) is 0 Å². The van der Waals surface area contributed by atoms with Gasteiger partial charge in [-0.25, -0.2) is 8.78 Å². The molecule has 0 spiro atoms. The molecule has 0 radical (unpaired) electrons. The summed E-state index contributed by atoms with van der Waals surface area (Å²) in [5, 5.41) is 16.3. The lowest BCUT2D eigenvalue weighted by Gasteiger charge is -2.05. The summed E-state index contributed by atoms with van der Waals surface area (Å²) in [6.07, 6.45) is 0. The number of halogens is 3. The normalized spacial score (nSPS) is 9.21. The van der Waals surface area contributed by atoms with Crippen molar-refractivity contribution in [3.05, 3.63) is 27.8 Å². The molecule has 6 heteroatoms. The van der Waals surface area contributed by atoms with Gasteiger partial charge in [-0.3, -0.25) is 0 Å². The molecule has 0 aromatic heterocycles. The second-order valence-electron chi connectivity index (χ2n) is 2.33. The van der Waals surface area contributed by atoms with Crippen LogP contribution in [0.2, 0.25) is 5.02 Å². The van der Waals surface area contributed by atoms with Gasteiger partial charge in [0.25, 0.3) is 0 Å². The SMILES string of the molecule is N#Cc1c(N)c(Cl)c(F)c(C#N)c1F. The standard InChI is InChI=1S/C8H2ClF2N3/c9-5-7(11)3(1-12)6(10)4(2-13)8(5)14/h14H2. The smallest absolute Gasteiger partial charge is 0.164 e. The zero-order chi connectivity index (χ0) is 10.9. The molecular formula is C8H2ClF2N3. The minimum Gasteiger partial charge on any atom is -0.396 e. The van der Waals surface area contributed by atoms with E-state index in [0.29, 0.717) is 0 Å². The summed E-state index contributed by atoms with van der Waals surface area (Å²) in [6, 6.07) is 2.67. The number of hydrogen-bond donors (Lipinski definition) is 1. The molecule has 0 saturated heterocycles. The maximum Gasteiger partial charge on any atom is 0.164 e. The summed E-state index contributed by atoms with van der Waals surface area (Å²) in [6.45, 7) is 0. The van der Waals surface area contributed by atoms with E-state index < -0.39 is 33.5 Å². The Morgan fingerprint density at radius 3 is 2.00 bits per heavy atom. The van der Waals surface area contributed by atoms with Crippen molar-refractivity contribution < 1.29 is 8.78 Å². The Balaban J connectivity index is 3.78. The Morgan fingerprint density at radius 2 is 1.57 bits per heavy atom. The molecule has 70 valence electrons. The quantitative estimate of drug-likeness (QED) is 0.529. The molecule has 0 aliphatic heterocycles. The largest absolute Gasteiger partial charge is 0.396 e. The Bertz CT molecular complexity index is 444. The second-order valence-corrected chi connectivity index (χ2v) is 2.71. The fourth-order valence-electron chi connectivity index (χ4n) is 0.885. The van der Waals surface area contributed by atoms with E-state index in [1.807, 2.05) is 0 Å². The highest BCUT2D eigenvalue weighted by Gasteiger charge is 2.21. The van der Waals surface area contributed by atoms with Crippen LogP contribution < -0.4 is 5.73 Å². The lowest BCUT2D eigenvalue weighted by molar-refractivity contribution is 0.576. The molecular weight excluding hydrogens is 212 g/mol. The van der Waals surface area contributed by atoms with Crippen LogP contribution in [0, 0.1) is 34.3 Å². The average Bonchev–Trinajstić information content (AvgIpc) is 2.16. The van der Waals surface area contributed by atoms with Crippen LogP contribution >= 0.6 is 11.6 Å². The van der Waals surface area contributed by atoms with Crippen molar-refractivity contribution >= 4 is 17.3 Å². The summed E-state index contributed by atoms with van der Waals surface area (Å²) in [5.41, 5.74) is 3.16. The molecule has 0 heterocycles. The van der Waals surface area contributed by atoms with E-state index in [1.54, 1.807) is 0 Å². The monoisotopic (exact) mass is 213 g/mol. The minimum absolute atomic E-state index is 0.497. The minimum atomic E-state index is -1.28. The summed E-state index contributed by atoms with van der Waals surface area (Å²) in [4.78, 5) is 0. The van der Waals surface area contributed by atoms with E-state index in [-0.39, 0.29) is 0 Å². The second kappa shape index (κ2) is 3.49. The highest BCUT2D eigenvalue weighted by Crippen LogP contribution is 2.31. The van der Waals surface area contributed by atoms with Crippen molar-refractivity contribution in [3.63, 3.8) is 0 Å². The molecule has 0 fully saturated rings. The van der Waals surface area contributed by atoms with Gasteiger partial charge >= 0.3 is 0 Å². The molecule has 0 atom stereocenters.